The molecule has 2 aromatic heterocycles. The van der Waals surface area contributed by atoms with Gasteiger partial charge in [0.15, 0.2) is 0 Å². The highest BCUT2D eigenvalue weighted by Crippen LogP contribution is 2.31. The minimum atomic E-state index is -0.130. The van der Waals surface area contributed by atoms with Crippen molar-refractivity contribution < 1.29 is 9.53 Å². The molecule has 1 aliphatic heterocycles. The van der Waals surface area contributed by atoms with Gasteiger partial charge in [-0.3, -0.25) is 14.6 Å². The van der Waals surface area contributed by atoms with Crippen LogP contribution < -0.4 is 5.56 Å². The van der Waals surface area contributed by atoms with Gasteiger partial charge in [0.25, 0.3) is 5.56 Å². The van der Waals surface area contributed by atoms with Gasteiger partial charge in [0.1, 0.15) is 5.52 Å². The molecule has 27 heavy (non-hydrogen) atoms. The molecule has 144 valence electrons. The van der Waals surface area contributed by atoms with E-state index in [-0.39, 0.29) is 29.4 Å². The number of ether oxygens (including phenoxy) is 1. The molecule has 1 saturated carbocycles. The van der Waals surface area contributed by atoms with E-state index in [0.717, 1.165) is 62.7 Å². The first-order chi connectivity index (χ1) is 13.2. The number of nitrogens with one attached hydrogen (secondary N) is 1. The van der Waals surface area contributed by atoms with Gasteiger partial charge in [-0.05, 0) is 44.2 Å². The lowest BCUT2D eigenvalue weighted by Crippen LogP contribution is -2.43. The zero-order valence-corrected chi connectivity index (χ0v) is 15.8. The van der Waals surface area contributed by atoms with Crippen molar-refractivity contribution in [3.63, 3.8) is 0 Å². The lowest BCUT2D eigenvalue weighted by atomic mass is 9.85. The Bertz CT molecular complexity index is 870. The predicted octanol–water partition coefficient (Wildman–Crippen LogP) is 2.83. The third-order valence-corrected chi connectivity index (χ3v) is 6.18. The quantitative estimate of drug-likeness (QED) is 0.903. The van der Waals surface area contributed by atoms with Crippen molar-refractivity contribution in [1.29, 1.82) is 0 Å². The molecule has 2 fully saturated rings. The number of methoxy groups -OCH3 is 1. The predicted molar refractivity (Wildman–Crippen MR) is 104 cm³/mol. The van der Waals surface area contributed by atoms with Gasteiger partial charge in [0, 0.05) is 49.3 Å². The first-order valence-corrected chi connectivity index (χ1v) is 9.95. The molecular formula is C21H27N3O3. The number of aromatic nitrogens is 2. The van der Waals surface area contributed by atoms with Crippen LogP contribution in [0.25, 0.3) is 10.9 Å². The van der Waals surface area contributed by atoms with Crippen molar-refractivity contribution in [2.24, 2.45) is 5.92 Å². The van der Waals surface area contributed by atoms with E-state index in [1.165, 1.54) is 0 Å². The number of pyridine rings is 2. The summed E-state index contributed by atoms with van der Waals surface area (Å²) >= 11 is 0. The Kier molecular flexibility index (Phi) is 5.25. The topological polar surface area (TPSA) is 75.3 Å². The Balaban J connectivity index is 1.42. The molecule has 6 nitrogen and oxygen atoms in total. The van der Waals surface area contributed by atoms with Crippen LogP contribution in [-0.2, 0) is 9.53 Å². The number of piperidine rings is 1. The number of carbonyl (C=O) groups excluding carboxylic acids is 1. The average molecular weight is 369 g/mol. The summed E-state index contributed by atoms with van der Waals surface area (Å²) in [6.45, 7) is 1.51. The highest BCUT2D eigenvalue weighted by molar-refractivity contribution is 5.79. The highest BCUT2D eigenvalue weighted by atomic mass is 16.5. The van der Waals surface area contributed by atoms with E-state index in [4.69, 9.17) is 4.74 Å². The summed E-state index contributed by atoms with van der Waals surface area (Å²) in [5, 5.41) is 0.877. The molecule has 2 unspecified atom stereocenters. The van der Waals surface area contributed by atoms with Gasteiger partial charge in [0.05, 0.1) is 6.10 Å². The van der Waals surface area contributed by atoms with Gasteiger partial charge in [-0.1, -0.05) is 12.5 Å². The van der Waals surface area contributed by atoms with E-state index in [1.807, 2.05) is 23.1 Å². The summed E-state index contributed by atoms with van der Waals surface area (Å²) in [4.78, 5) is 34.4. The summed E-state index contributed by atoms with van der Waals surface area (Å²) in [7, 11) is 1.74. The summed E-state index contributed by atoms with van der Waals surface area (Å²) in [6, 6.07) is 5.81. The Morgan fingerprint density at radius 3 is 2.85 bits per heavy atom. The summed E-state index contributed by atoms with van der Waals surface area (Å²) < 4.78 is 5.47. The van der Waals surface area contributed by atoms with E-state index in [1.54, 1.807) is 13.3 Å². The normalized spacial score (nSPS) is 24.3. The Morgan fingerprint density at radius 1 is 1.26 bits per heavy atom. The molecule has 0 bridgehead atoms. The maximum atomic E-state index is 12.9. The van der Waals surface area contributed by atoms with Gasteiger partial charge in [-0.2, -0.15) is 0 Å². The van der Waals surface area contributed by atoms with Gasteiger partial charge in [0.2, 0.25) is 5.91 Å². The fraction of sp³-hybridized carbons (Fsp3) is 0.571. The zero-order valence-electron chi connectivity index (χ0n) is 15.8. The number of fused-ring (bicyclic) bond motifs is 1. The van der Waals surface area contributed by atoms with Crippen LogP contribution in [0.4, 0.5) is 0 Å². The molecular weight excluding hydrogens is 342 g/mol. The SMILES string of the molecule is COC1CCCC(C(=O)N2CCC(c3cc4cccnc4c(=O)[nH]3)CC2)C1. The molecule has 0 spiro atoms. The second-order valence-corrected chi connectivity index (χ2v) is 7.82. The maximum Gasteiger partial charge on any atom is 0.274 e. The minimum Gasteiger partial charge on any atom is -0.381 e. The Labute approximate surface area is 158 Å². The fourth-order valence-corrected chi connectivity index (χ4v) is 4.59. The molecule has 1 amide bonds. The van der Waals surface area contributed by atoms with E-state index < -0.39 is 0 Å². The Morgan fingerprint density at radius 2 is 2.07 bits per heavy atom. The standard InChI is InChI=1S/C21H27N3O3/c1-27-17-6-2-4-16(12-17)21(26)24-10-7-14(8-11-24)18-13-15-5-3-9-22-19(15)20(25)23-18/h3,5,9,13-14,16-17H,2,4,6-8,10-12H2,1H3,(H,23,25). The molecule has 2 atom stereocenters. The van der Waals surface area contributed by atoms with Crippen molar-refractivity contribution >= 4 is 16.8 Å². The summed E-state index contributed by atoms with van der Waals surface area (Å²) in [5.74, 6) is 0.669. The zero-order chi connectivity index (χ0) is 18.8. The molecule has 4 rings (SSSR count). The van der Waals surface area contributed by atoms with E-state index in [2.05, 4.69) is 9.97 Å². The van der Waals surface area contributed by atoms with E-state index in [9.17, 15) is 9.59 Å². The van der Waals surface area contributed by atoms with Crippen molar-refractivity contribution in [1.82, 2.24) is 14.9 Å². The smallest absolute Gasteiger partial charge is 0.274 e. The van der Waals surface area contributed by atoms with Gasteiger partial charge >= 0.3 is 0 Å². The number of H-pyrrole nitrogens is 1. The van der Waals surface area contributed by atoms with Crippen LogP contribution in [0.2, 0.25) is 0 Å². The minimum absolute atomic E-state index is 0.104. The fourth-order valence-electron chi connectivity index (χ4n) is 4.59. The van der Waals surface area contributed by atoms with E-state index >= 15 is 0 Å². The molecule has 0 aromatic carbocycles. The number of carbonyl (C=O) groups is 1. The van der Waals surface area contributed by atoms with Crippen LogP contribution in [-0.4, -0.2) is 47.1 Å². The van der Waals surface area contributed by atoms with Crippen LogP contribution in [0.5, 0.6) is 0 Å². The highest BCUT2D eigenvalue weighted by Gasteiger charge is 2.32. The lowest BCUT2D eigenvalue weighted by Gasteiger charge is -2.36. The average Bonchev–Trinajstić information content (AvgIpc) is 2.73. The number of amides is 1. The number of hydrogen-bond acceptors (Lipinski definition) is 4. The van der Waals surface area contributed by atoms with Crippen molar-refractivity contribution in [3.05, 3.63) is 40.4 Å². The number of hydrogen-bond donors (Lipinski definition) is 1. The molecule has 6 heteroatoms. The first-order valence-electron chi connectivity index (χ1n) is 9.95. The molecule has 1 N–H and O–H groups in total. The van der Waals surface area contributed by atoms with Crippen LogP contribution >= 0.6 is 0 Å². The largest absolute Gasteiger partial charge is 0.381 e. The monoisotopic (exact) mass is 369 g/mol. The van der Waals surface area contributed by atoms with Crippen LogP contribution in [0, 0.1) is 5.92 Å². The second kappa shape index (κ2) is 7.80. The number of rotatable bonds is 3. The lowest BCUT2D eigenvalue weighted by molar-refractivity contribution is -0.139. The van der Waals surface area contributed by atoms with Crippen molar-refractivity contribution in [3.8, 4) is 0 Å². The molecule has 0 radical (unpaired) electrons. The van der Waals surface area contributed by atoms with Gasteiger partial charge in [-0.15, -0.1) is 0 Å². The second-order valence-electron chi connectivity index (χ2n) is 7.82. The van der Waals surface area contributed by atoms with Crippen LogP contribution in [0.3, 0.4) is 0 Å². The van der Waals surface area contributed by atoms with Crippen molar-refractivity contribution in [2.75, 3.05) is 20.2 Å². The first kappa shape index (κ1) is 18.2. The summed E-state index contributed by atoms with van der Waals surface area (Å²) in [6.07, 6.45) is 7.58. The van der Waals surface area contributed by atoms with Crippen LogP contribution in [0.1, 0.15) is 50.1 Å². The van der Waals surface area contributed by atoms with Gasteiger partial charge in [-0.25, -0.2) is 0 Å². The number of nitrogens with zero attached hydrogens (tertiary/aromatic N) is 2. The molecule has 3 heterocycles. The molecule has 1 saturated heterocycles. The molecule has 2 aliphatic rings. The van der Waals surface area contributed by atoms with Gasteiger partial charge < -0.3 is 14.6 Å². The number of aromatic amines is 1. The third kappa shape index (κ3) is 3.76. The molecule has 2 aromatic rings. The molecule has 1 aliphatic carbocycles. The number of likely N-dealkylation sites (tertiary alicyclic amines) is 1. The Hall–Kier alpha value is -2.21. The third-order valence-electron chi connectivity index (χ3n) is 6.18. The van der Waals surface area contributed by atoms with Crippen molar-refractivity contribution in [2.45, 2.75) is 50.5 Å². The maximum absolute atomic E-state index is 12.9. The summed E-state index contributed by atoms with van der Waals surface area (Å²) in [5.41, 5.74) is 1.32. The van der Waals surface area contributed by atoms with Crippen LogP contribution in [0.15, 0.2) is 29.2 Å². The van der Waals surface area contributed by atoms with E-state index in [0.29, 0.717) is 5.52 Å².